The lowest BCUT2D eigenvalue weighted by molar-refractivity contribution is -0.133. The molecular weight excluding hydrogens is 282 g/mol. The van der Waals surface area contributed by atoms with Crippen molar-refractivity contribution in [2.45, 2.75) is 13.8 Å². The van der Waals surface area contributed by atoms with Crippen LogP contribution in [0.5, 0.6) is 0 Å². The van der Waals surface area contributed by atoms with E-state index in [1.54, 1.807) is 19.9 Å². The summed E-state index contributed by atoms with van der Waals surface area (Å²) in [6.07, 6.45) is 0. The van der Waals surface area contributed by atoms with Crippen molar-refractivity contribution in [3.63, 3.8) is 0 Å². The first-order chi connectivity index (χ1) is 10.5. The fraction of sp³-hybridized carbons (Fsp3) is 0.235. The molecule has 114 valence electrons. The molecule has 1 aromatic carbocycles. The van der Waals surface area contributed by atoms with Gasteiger partial charge in [0.25, 0.3) is 0 Å². The third kappa shape index (κ3) is 2.70. The normalized spacial score (nSPS) is 10.3. The number of pyridine rings is 1. The largest absolute Gasteiger partial charge is 0.465 e. The maximum absolute atomic E-state index is 12.3. The molecule has 2 aromatic rings. The Balaban J connectivity index is 2.82. The summed E-state index contributed by atoms with van der Waals surface area (Å²) in [5.41, 5.74) is 1.92. The Labute approximate surface area is 128 Å². The summed E-state index contributed by atoms with van der Waals surface area (Å²) in [7, 11) is 1.27. The van der Waals surface area contributed by atoms with Crippen LogP contribution in [0.15, 0.2) is 30.8 Å². The van der Waals surface area contributed by atoms with E-state index in [9.17, 15) is 9.59 Å². The number of aromatic nitrogens is 1. The lowest BCUT2D eigenvalue weighted by Crippen LogP contribution is -2.14. The number of hydrogen-bond donors (Lipinski definition) is 0. The van der Waals surface area contributed by atoms with Gasteiger partial charge < -0.3 is 9.47 Å². The third-order valence-corrected chi connectivity index (χ3v) is 3.29. The van der Waals surface area contributed by atoms with Crippen LogP contribution in [0.25, 0.3) is 16.5 Å². The number of rotatable bonds is 4. The van der Waals surface area contributed by atoms with Crippen molar-refractivity contribution in [3.05, 3.63) is 47.7 Å². The summed E-state index contributed by atoms with van der Waals surface area (Å²) >= 11 is 0. The van der Waals surface area contributed by atoms with Gasteiger partial charge in [0.2, 0.25) is 0 Å². The van der Waals surface area contributed by atoms with E-state index in [0.29, 0.717) is 22.2 Å². The van der Waals surface area contributed by atoms with Gasteiger partial charge in [-0.2, -0.15) is 0 Å². The number of methoxy groups -OCH3 is 1. The Morgan fingerprint density at radius 3 is 2.55 bits per heavy atom. The quantitative estimate of drug-likeness (QED) is 0.641. The summed E-state index contributed by atoms with van der Waals surface area (Å²) in [6, 6.07) is 7.24. The van der Waals surface area contributed by atoms with Crippen LogP contribution in [-0.2, 0) is 14.3 Å². The van der Waals surface area contributed by atoms with E-state index in [0.717, 1.165) is 0 Å². The molecule has 1 aromatic heterocycles. The number of benzene rings is 1. The van der Waals surface area contributed by atoms with Crippen molar-refractivity contribution < 1.29 is 19.1 Å². The second kappa shape index (κ2) is 6.39. The number of hydrogen-bond acceptors (Lipinski definition) is 5. The average molecular weight is 299 g/mol. The molecule has 0 unspecified atom stereocenters. The molecule has 0 saturated heterocycles. The van der Waals surface area contributed by atoms with E-state index in [4.69, 9.17) is 9.47 Å². The van der Waals surface area contributed by atoms with Gasteiger partial charge in [0.05, 0.1) is 36.1 Å². The van der Waals surface area contributed by atoms with Gasteiger partial charge in [-0.3, -0.25) is 4.98 Å². The number of fused-ring (bicyclic) bond motifs is 1. The summed E-state index contributed by atoms with van der Waals surface area (Å²) in [5.74, 6) is -1.13. The molecule has 0 fully saturated rings. The first kappa shape index (κ1) is 15.7. The monoisotopic (exact) mass is 299 g/mol. The van der Waals surface area contributed by atoms with Crippen molar-refractivity contribution >= 4 is 28.4 Å². The van der Waals surface area contributed by atoms with E-state index >= 15 is 0 Å². The molecule has 0 aliphatic rings. The molecule has 0 radical (unpaired) electrons. The molecule has 0 aliphatic heterocycles. The molecule has 0 N–H and O–H groups in total. The predicted molar refractivity (Wildman–Crippen MR) is 83.5 cm³/mol. The van der Waals surface area contributed by atoms with Gasteiger partial charge in [-0.15, -0.1) is 0 Å². The maximum atomic E-state index is 12.3. The van der Waals surface area contributed by atoms with Gasteiger partial charge >= 0.3 is 11.9 Å². The molecule has 5 heteroatoms. The minimum Gasteiger partial charge on any atom is -0.465 e. The Kier molecular flexibility index (Phi) is 4.56. The van der Waals surface area contributed by atoms with Crippen LogP contribution in [0.3, 0.4) is 0 Å². The van der Waals surface area contributed by atoms with Gasteiger partial charge in [0, 0.05) is 10.9 Å². The number of carbonyl (C=O) groups excluding carboxylic acids is 2. The Bertz CT molecular complexity index is 765. The second-order valence-electron chi connectivity index (χ2n) is 4.65. The van der Waals surface area contributed by atoms with Gasteiger partial charge in [-0.25, -0.2) is 9.59 Å². The van der Waals surface area contributed by atoms with E-state index in [-0.39, 0.29) is 17.7 Å². The van der Waals surface area contributed by atoms with E-state index < -0.39 is 11.9 Å². The van der Waals surface area contributed by atoms with Crippen LogP contribution < -0.4 is 0 Å². The van der Waals surface area contributed by atoms with Crippen LogP contribution in [0, 0.1) is 6.92 Å². The smallest absolute Gasteiger partial charge is 0.340 e. The first-order valence-corrected chi connectivity index (χ1v) is 6.85. The molecule has 0 atom stereocenters. The minimum atomic E-state index is -0.596. The highest BCUT2D eigenvalue weighted by molar-refractivity contribution is 6.22. The lowest BCUT2D eigenvalue weighted by atomic mass is 9.95. The molecule has 0 spiro atoms. The van der Waals surface area contributed by atoms with Crippen LogP contribution in [0.2, 0.25) is 0 Å². The van der Waals surface area contributed by atoms with Gasteiger partial charge in [-0.05, 0) is 19.9 Å². The number of nitrogens with zero attached hydrogens (tertiary/aromatic N) is 1. The van der Waals surface area contributed by atoms with Gasteiger partial charge in [0.1, 0.15) is 0 Å². The van der Waals surface area contributed by atoms with Crippen molar-refractivity contribution in [2.75, 3.05) is 13.7 Å². The first-order valence-electron chi connectivity index (χ1n) is 6.85. The zero-order valence-electron chi connectivity index (χ0n) is 12.8. The number of para-hydroxylation sites is 1. The van der Waals surface area contributed by atoms with Crippen LogP contribution in [0.4, 0.5) is 0 Å². The maximum Gasteiger partial charge on any atom is 0.340 e. The van der Waals surface area contributed by atoms with Crippen molar-refractivity contribution in [3.8, 4) is 0 Å². The summed E-state index contributed by atoms with van der Waals surface area (Å²) in [6.45, 7) is 7.43. The molecule has 22 heavy (non-hydrogen) atoms. The van der Waals surface area contributed by atoms with Crippen LogP contribution >= 0.6 is 0 Å². The highest BCUT2D eigenvalue weighted by Gasteiger charge is 2.25. The highest BCUT2D eigenvalue weighted by Crippen LogP contribution is 2.30. The van der Waals surface area contributed by atoms with Crippen molar-refractivity contribution in [1.82, 2.24) is 4.98 Å². The van der Waals surface area contributed by atoms with Crippen molar-refractivity contribution in [1.29, 1.82) is 0 Å². The van der Waals surface area contributed by atoms with Gasteiger partial charge in [0.15, 0.2) is 0 Å². The Morgan fingerprint density at radius 1 is 1.23 bits per heavy atom. The molecule has 0 aliphatic carbocycles. The summed E-state index contributed by atoms with van der Waals surface area (Å²) in [5, 5.41) is 0.659. The number of carbonyl (C=O) groups is 2. The number of aryl methyl sites for hydroxylation is 1. The molecule has 2 rings (SSSR count). The Hall–Kier alpha value is -2.69. The third-order valence-electron chi connectivity index (χ3n) is 3.29. The fourth-order valence-electron chi connectivity index (χ4n) is 2.33. The average Bonchev–Trinajstić information content (AvgIpc) is 2.52. The van der Waals surface area contributed by atoms with E-state index in [1.165, 1.54) is 7.11 Å². The van der Waals surface area contributed by atoms with E-state index in [2.05, 4.69) is 11.6 Å². The topological polar surface area (TPSA) is 65.5 Å². The minimum absolute atomic E-state index is 0.104. The molecule has 5 nitrogen and oxygen atoms in total. The molecule has 0 bridgehead atoms. The van der Waals surface area contributed by atoms with Crippen LogP contribution in [-0.4, -0.2) is 30.6 Å². The summed E-state index contributed by atoms with van der Waals surface area (Å²) < 4.78 is 9.83. The zero-order valence-corrected chi connectivity index (χ0v) is 12.8. The zero-order chi connectivity index (χ0) is 16.3. The number of ether oxygens (including phenoxy) is 2. The fourth-order valence-corrected chi connectivity index (χ4v) is 2.33. The van der Waals surface area contributed by atoms with Crippen molar-refractivity contribution in [2.24, 2.45) is 0 Å². The van der Waals surface area contributed by atoms with E-state index in [1.807, 2.05) is 18.2 Å². The molecule has 1 heterocycles. The van der Waals surface area contributed by atoms with Gasteiger partial charge in [-0.1, -0.05) is 24.8 Å². The lowest BCUT2D eigenvalue weighted by Gasteiger charge is -2.15. The SMILES string of the molecule is C=C(C(=O)OC)c1c(C(=O)OCC)c(C)nc2ccccc12. The Morgan fingerprint density at radius 2 is 1.91 bits per heavy atom. The van der Waals surface area contributed by atoms with Crippen LogP contribution in [0.1, 0.15) is 28.5 Å². The molecular formula is C17H17NO4. The predicted octanol–water partition coefficient (Wildman–Crippen LogP) is 2.91. The standard InChI is InChI=1S/C17H17NO4/c1-5-22-17(20)15-11(3)18-13-9-7-6-8-12(13)14(15)10(2)16(19)21-4/h6-9H,2,5H2,1,3-4H3. The number of esters is 2. The highest BCUT2D eigenvalue weighted by atomic mass is 16.5. The molecule has 0 amide bonds. The second-order valence-corrected chi connectivity index (χ2v) is 4.65. The molecule has 0 saturated carbocycles. The summed E-state index contributed by atoms with van der Waals surface area (Å²) in [4.78, 5) is 28.6.